The first kappa shape index (κ1) is 14.8. The predicted octanol–water partition coefficient (Wildman–Crippen LogP) is 2.55. The van der Waals surface area contributed by atoms with Crippen molar-refractivity contribution in [2.45, 2.75) is 12.5 Å². The molecule has 22 heavy (non-hydrogen) atoms. The van der Waals surface area contributed by atoms with Crippen LogP contribution in [0.2, 0.25) is 0 Å². The molecule has 2 heterocycles. The van der Waals surface area contributed by atoms with E-state index in [9.17, 15) is 9.90 Å². The van der Waals surface area contributed by atoms with E-state index in [1.807, 2.05) is 35.7 Å². The zero-order chi connectivity index (χ0) is 15.4. The molecule has 1 aromatic carbocycles. The van der Waals surface area contributed by atoms with Crippen molar-refractivity contribution >= 4 is 23.3 Å². The fraction of sp³-hybridized carbons (Fsp3) is 0.235. The Kier molecular flexibility index (Phi) is 4.56. The summed E-state index contributed by atoms with van der Waals surface area (Å²) >= 11 is 1.57. The number of hydrogen-bond donors (Lipinski definition) is 2. The molecule has 5 heteroatoms. The topological polar surface area (TPSA) is 58.6 Å². The minimum absolute atomic E-state index is 0.188. The summed E-state index contributed by atoms with van der Waals surface area (Å²) in [6.07, 6.45) is 3.39. The van der Waals surface area contributed by atoms with Crippen LogP contribution in [0.3, 0.4) is 0 Å². The number of rotatable bonds is 5. The van der Waals surface area contributed by atoms with E-state index in [1.165, 1.54) is 6.08 Å². The van der Waals surface area contributed by atoms with Crippen molar-refractivity contribution in [1.29, 1.82) is 0 Å². The van der Waals surface area contributed by atoms with Crippen LogP contribution >= 0.6 is 11.3 Å². The molecule has 1 aromatic heterocycles. The number of hydrogen-bond acceptors (Lipinski definition) is 4. The second-order valence-electron chi connectivity index (χ2n) is 5.08. The SMILES string of the molecule is O=C(/C=C/c1cccs1)NCC(O)c1ccc2c(c1)CCO2. The molecule has 0 saturated heterocycles. The molecule has 0 fully saturated rings. The van der Waals surface area contributed by atoms with Crippen LogP contribution in [0, 0.1) is 0 Å². The van der Waals surface area contributed by atoms with Crippen LogP contribution in [0.25, 0.3) is 6.08 Å². The third-order valence-electron chi connectivity index (χ3n) is 3.51. The first-order valence-electron chi connectivity index (χ1n) is 7.15. The highest BCUT2D eigenvalue weighted by atomic mass is 32.1. The lowest BCUT2D eigenvalue weighted by molar-refractivity contribution is -0.116. The number of nitrogens with one attached hydrogen (secondary N) is 1. The molecule has 2 aromatic rings. The number of aliphatic hydroxyl groups is 1. The maximum atomic E-state index is 11.7. The standard InChI is InChI=1S/C17H17NO3S/c19-15(12-3-5-16-13(10-12)7-8-21-16)11-18-17(20)6-4-14-2-1-9-22-14/h1-6,9-10,15,19H,7-8,11H2,(H,18,20)/b6-4+. The van der Waals surface area contributed by atoms with Gasteiger partial charge < -0.3 is 15.2 Å². The molecule has 0 bridgehead atoms. The van der Waals surface area contributed by atoms with Gasteiger partial charge in [0.1, 0.15) is 5.75 Å². The number of benzene rings is 1. The van der Waals surface area contributed by atoms with Gasteiger partial charge in [-0.2, -0.15) is 0 Å². The fourth-order valence-corrected chi connectivity index (χ4v) is 2.95. The van der Waals surface area contributed by atoms with Crippen molar-refractivity contribution in [1.82, 2.24) is 5.32 Å². The molecule has 1 unspecified atom stereocenters. The summed E-state index contributed by atoms with van der Waals surface area (Å²) in [6.45, 7) is 0.881. The molecule has 2 N–H and O–H groups in total. The minimum Gasteiger partial charge on any atom is -0.493 e. The van der Waals surface area contributed by atoms with Crippen LogP contribution in [0.5, 0.6) is 5.75 Å². The molecule has 0 aliphatic carbocycles. The number of carbonyl (C=O) groups is 1. The summed E-state index contributed by atoms with van der Waals surface area (Å²) in [6, 6.07) is 9.53. The van der Waals surface area contributed by atoms with Crippen LogP contribution in [0.1, 0.15) is 22.1 Å². The van der Waals surface area contributed by atoms with Crippen molar-refractivity contribution in [2.24, 2.45) is 0 Å². The van der Waals surface area contributed by atoms with Crippen molar-refractivity contribution in [3.63, 3.8) is 0 Å². The Balaban J connectivity index is 1.53. The lowest BCUT2D eigenvalue weighted by Crippen LogP contribution is -2.26. The van der Waals surface area contributed by atoms with Gasteiger partial charge in [0.25, 0.3) is 0 Å². The molecule has 114 valence electrons. The number of amides is 1. The smallest absolute Gasteiger partial charge is 0.244 e. The molecule has 1 amide bonds. The maximum absolute atomic E-state index is 11.7. The normalized spacial score (nSPS) is 14.6. The Labute approximate surface area is 133 Å². The number of thiophene rings is 1. The van der Waals surface area contributed by atoms with Gasteiger partial charge in [-0.05, 0) is 40.8 Å². The highest BCUT2D eigenvalue weighted by Gasteiger charge is 2.15. The molecule has 3 rings (SSSR count). The Morgan fingerprint density at radius 2 is 2.36 bits per heavy atom. The summed E-state index contributed by atoms with van der Waals surface area (Å²) in [4.78, 5) is 12.8. The third kappa shape index (κ3) is 3.55. The van der Waals surface area contributed by atoms with E-state index in [0.717, 1.165) is 28.2 Å². The minimum atomic E-state index is -0.718. The second-order valence-corrected chi connectivity index (χ2v) is 6.05. The number of aliphatic hydroxyl groups excluding tert-OH is 1. The highest BCUT2D eigenvalue weighted by molar-refractivity contribution is 7.10. The summed E-state index contributed by atoms with van der Waals surface area (Å²) in [5.74, 6) is 0.677. The van der Waals surface area contributed by atoms with Gasteiger partial charge in [-0.25, -0.2) is 0 Å². The van der Waals surface area contributed by atoms with Crippen molar-refractivity contribution in [3.8, 4) is 5.75 Å². The number of carbonyl (C=O) groups excluding carboxylic acids is 1. The van der Waals surface area contributed by atoms with E-state index in [0.29, 0.717) is 6.61 Å². The first-order chi connectivity index (χ1) is 10.7. The van der Waals surface area contributed by atoms with Gasteiger partial charge in [-0.3, -0.25) is 4.79 Å². The van der Waals surface area contributed by atoms with E-state index in [4.69, 9.17) is 4.74 Å². The van der Waals surface area contributed by atoms with Crippen molar-refractivity contribution < 1.29 is 14.6 Å². The zero-order valence-corrected chi connectivity index (χ0v) is 12.8. The van der Waals surface area contributed by atoms with Crippen molar-refractivity contribution in [2.75, 3.05) is 13.2 Å². The van der Waals surface area contributed by atoms with E-state index in [1.54, 1.807) is 17.4 Å². The van der Waals surface area contributed by atoms with E-state index in [-0.39, 0.29) is 12.5 Å². The fourth-order valence-electron chi connectivity index (χ4n) is 2.33. The quantitative estimate of drug-likeness (QED) is 0.834. The van der Waals surface area contributed by atoms with Gasteiger partial charge >= 0.3 is 0 Å². The summed E-state index contributed by atoms with van der Waals surface area (Å²) in [7, 11) is 0. The summed E-state index contributed by atoms with van der Waals surface area (Å²) in [5.41, 5.74) is 1.91. The predicted molar refractivity (Wildman–Crippen MR) is 87.0 cm³/mol. The largest absolute Gasteiger partial charge is 0.493 e. The average Bonchev–Trinajstić information content (AvgIpc) is 3.20. The maximum Gasteiger partial charge on any atom is 0.244 e. The van der Waals surface area contributed by atoms with E-state index >= 15 is 0 Å². The molecule has 4 nitrogen and oxygen atoms in total. The Hall–Kier alpha value is -2.11. The molecule has 0 spiro atoms. The van der Waals surface area contributed by atoms with Gasteiger partial charge in [0, 0.05) is 23.9 Å². The van der Waals surface area contributed by atoms with Crippen LogP contribution in [-0.2, 0) is 11.2 Å². The van der Waals surface area contributed by atoms with Gasteiger partial charge in [0.05, 0.1) is 12.7 Å². The lowest BCUT2D eigenvalue weighted by Gasteiger charge is -2.12. The zero-order valence-electron chi connectivity index (χ0n) is 12.0. The van der Waals surface area contributed by atoms with E-state index in [2.05, 4.69) is 5.32 Å². The van der Waals surface area contributed by atoms with Gasteiger partial charge in [0.15, 0.2) is 0 Å². The van der Waals surface area contributed by atoms with Gasteiger partial charge in [-0.15, -0.1) is 11.3 Å². The van der Waals surface area contributed by atoms with Crippen LogP contribution in [0.4, 0.5) is 0 Å². The van der Waals surface area contributed by atoms with E-state index < -0.39 is 6.10 Å². The molecule has 1 atom stereocenters. The second kappa shape index (κ2) is 6.77. The van der Waals surface area contributed by atoms with Crippen LogP contribution in [-0.4, -0.2) is 24.2 Å². The summed E-state index contributed by atoms with van der Waals surface area (Å²) < 4.78 is 5.44. The van der Waals surface area contributed by atoms with Crippen LogP contribution in [0.15, 0.2) is 41.8 Å². The average molecular weight is 315 g/mol. The molecule has 0 saturated carbocycles. The first-order valence-corrected chi connectivity index (χ1v) is 8.03. The number of ether oxygens (including phenoxy) is 1. The molecular weight excluding hydrogens is 298 g/mol. The van der Waals surface area contributed by atoms with Gasteiger partial charge in [-0.1, -0.05) is 12.1 Å². The van der Waals surface area contributed by atoms with Crippen molar-refractivity contribution in [3.05, 3.63) is 57.8 Å². The Bertz CT molecular complexity index is 679. The number of fused-ring (bicyclic) bond motifs is 1. The molecular formula is C17H17NO3S. The molecule has 1 aliphatic rings. The summed E-state index contributed by atoms with van der Waals surface area (Å²) in [5, 5.41) is 14.8. The van der Waals surface area contributed by atoms with Gasteiger partial charge in [0.2, 0.25) is 5.91 Å². The monoisotopic (exact) mass is 315 g/mol. The third-order valence-corrected chi connectivity index (χ3v) is 4.35. The Morgan fingerprint density at radius 3 is 3.18 bits per heavy atom. The molecule has 0 radical (unpaired) electrons. The molecule has 1 aliphatic heterocycles. The highest BCUT2D eigenvalue weighted by Crippen LogP contribution is 2.27. The lowest BCUT2D eigenvalue weighted by atomic mass is 10.0. The Morgan fingerprint density at radius 1 is 1.45 bits per heavy atom. The van der Waals surface area contributed by atoms with Crippen LogP contribution < -0.4 is 10.1 Å².